The fraction of sp³-hybridized carbons (Fsp3) is 0.444. The standard InChI is InChI=1S/C18H21F3N2O4S/c1-22-13(16(24)25)7-9-28-10-8-17(26,18(19,20)21)15-11-14(27-23-15)12-5-3-2-4-6-12/h2-6,11,13,22,26H,7-10H2,1H3,(H,24,25). The zero-order valence-corrected chi connectivity index (χ0v) is 15.9. The molecule has 1 heterocycles. The summed E-state index contributed by atoms with van der Waals surface area (Å²) in [5.41, 5.74) is -3.20. The van der Waals surface area contributed by atoms with Gasteiger partial charge in [-0.05, 0) is 25.0 Å². The number of nitrogens with one attached hydrogen (secondary N) is 1. The van der Waals surface area contributed by atoms with Crippen molar-refractivity contribution in [2.75, 3.05) is 18.6 Å². The molecule has 1 aromatic carbocycles. The number of thioether (sulfide) groups is 1. The van der Waals surface area contributed by atoms with Crippen molar-refractivity contribution in [2.45, 2.75) is 30.7 Å². The lowest BCUT2D eigenvalue weighted by Gasteiger charge is -2.28. The van der Waals surface area contributed by atoms with Crippen molar-refractivity contribution >= 4 is 17.7 Å². The van der Waals surface area contributed by atoms with Gasteiger partial charge >= 0.3 is 12.1 Å². The summed E-state index contributed by atoms with van der Waals surface area (Å²) in [6, 6.07) is 8.82. The number of benzene rings is 1. The lowest BCUT2D eigenvalue weighted by Crippen LogP contribution is -2.43. The van der Waals surface area contributed by atoms with Crippen LogP contribution in [-0.4, -0.2) is 52.1 Å². The smallest absolute Gasteiger partial charge is 0.423 e. The van der Waals surface area contributed by atoms with Crippen molar-refractivity contribution < 1.29 is 32.7 Å². The molecule has 0 radical (unpaired) electrons. The van der Waals surface area contributed by atoms with Crippen molar-refractivity contribution in [1.82, 2.24) is 10.5 Å². The van der Waals surface area contributed by atoms with E-state index in [2.05, 4.69) is 10.5 Å². The molecule has 2 unspecified atom stereocenters. The molecule has 0 aliphatic heterocycles. The Balaban J connectivity index is 2.04. The Morgan fingerprint density at radius 3 is 2.54 bits per heavy atom. The molecule has 0 aliphatic carbocycles. The molecule has 2 aromatic rings. The minimum Gasteiger partial charge on any atom is -0.480 e. The largest absolute Gasteiger partial charge is 0.480 e. The maximum absolute atomic E-state index is 13.6. The van der Waals surface area contributed by atoms with Crippen molar-refractivity contribution in [2.24, 2.45) is 0 Å². The SMILES string of the molecule is CNC(CCSCCC(O)(c1cc(-c2ccccc2)on1)C(F)(F)F)C(=O)O. The number of rotatable bonds is 10. The molecule has 1 aromatic heterocycles. The number of halogens is 3. The third-order valence-electron chi connectivity index (χ3n) is 4.27. The summed E-state index contributed by atoms with van der Waals surface area (Å²) in [6.07, 6.45) is -5.31. The Bertz CT molecular complexity index is 770. The Morgan fingerprint density at radius 1 is 1.29 bits per heavy atom. The van der Waals surface area contributed by atoms with Crippen molar-refractivity contribution in [3.8, 4) is 11.3 Å². The second kappa shape index (κ2) is 9.44. The third kappa shape index (κ3) is 5.27. The van der Waals surface area contributed by atoms with Gasteiger partial charge in [-0.1, -0.05) is 35.5 Å². The molecular weight excluding hydrogens is 397 g/mol. The fourth-order valence-corrected chi connectivity index (χ4v) is 3.58. The fourth-order valence-electron chi connectivity index (χ4n) is 2.54. The lowest BCUT2D eigenvalue weighted by atomic mass is 9.95. The molecule has 154 valence electrons. The molecule has 0 bridgehead atoms. The molecule has 6 nitrogen and oxygen atoms in total. The van der Waals surface area contributed by atoms with Gasteiger partial charge in [0.25, 0.3) is 0 Å². The second-order valence-corrected chi connectivity index (χ2v) is 7.36. The van der Waals surface area contributed by atoms with E-state index in [1.165, 1.54) is 7.05 Å². The van der Waals surface area contributed by atoms with Gasteiger partial charge in [-0.25, -0.2) is 0 Å². The topological polar surface area (TPSA) is 95.6 Å². The van der Waals surface area contributed by atoms with Crippen molar-refractivity contribution in [3.05, 3.63) is 42.1 Å². The van der Waals surface area contributed by atoms with E-state index in [-0.39, 0.29) is 17.9 Å². The number of hydrogen-bond donors (Lipinski definition) is 3. The number of aliphatic carboxylic acids is 1. The lowest BCUT2D eigenvalue weighted by molar-refractivity contribution is -0.269. The number of aromatic nitrogens is 1. The first-order valence-corrected chi connectivity index (χ1v) is 9.64. The van der Waals surface area contributed by atoms with E-state index in [4.69, 9.17) is 9.63 Å². The first kappa shape index (κ1) is 22.3. The summed E-state index contributed by atoms with van der Waals surface area (Å²) in [7, 11) is 1.50. The number of carbonyl (C=O) groups is 1. The summed E-state index contributed by atoms with van der Waals surface area (Å²) < 4.78 is 45.7. The molecule has 0 amide bonds. The normalized spacial score (nSPS) is 15.2. The summed E-state index contributed by atoms with van der Waals surface area (Å²) in [6.45, 7) is 0. The minimum absolute atomic E-state index is 0.0282. The quantitative estimate of drug-likeness (QED) is 0.510. The summed E-state index contributed by atoms with van der Waals surface area (Å²) in [4.78, 5) is 10.9. The number of likely N-dealkylation sites (N-methyl/N-ethyl adjacent to an activating group) is 1. The van der Waals surface area contributed by atoms with Crippen LogP contribution in [0.4, 0.5) is 13.2 Å². The Hall–Kier alpha value is -2.04. The monoisotopic (exact) mass is 418 g/mol. The van der Waals surface area contributed by atoms with Crippen molar-refractivity contribution in [3.63, 3.8) is 0 Å². The van der Waals surface area contributed by atoms with E-state index in [0.29, 0.717) is 11.3 Å². The number of nitrogens with zero attached hydrogens (tertiary/aromatic N) is 1. The van der Waals surface area contributed by atoms with E-state index in [1.54, 1.807) is 30.3 Å². The highest BCUT2D eigenvalue weighted by molar-refractivity contribution is 7.99. The number of aliphatic hydroxyl groups is 1. The average molecular weight is 418 g/mol. The van der Waals surface area contributed by atoms with Crippen LogP contribution < -0.4 is 5.32 Å². The number of alkyl halides is 3. The van der Waals surface area contributed by atoms with Gasteiger partial charge < -0.3 is 20.1 Å². The Labute approximate surface area is 164 Å². The molecule has 10 heteroatoms. The van der Waals surface area contributed by atoms with Gasteiger partial charge in [0.1, 0.15) is 11.7 Å². The van der Waals surface area contributed by atoms with Crippen LogP contribution in [0.2, 0.25) is 0 Å². The number of carboxylic acids is 1. The highest BCUT2D eigenvalue weighted by Gasteiger charge is 2.56. The molecule has 2 rings (SSSR count). The molecule has 0 aliphatic rings. The predicted octanol–water partition coefficient (Wildman–Crippen LogP) is 3.28. The second-order valence-electron chi connectivity index (χ2n) is 6.13. The van der Waals surface area contributed by atoms with E-state index >= 15 is 0 Å². The van der Waals surface area contributed by atoms with Gasteiger partial charge in [-0.2, -0.15) is 24.9 Å². The highest BCUT2D eigenvalue weighted by atomic mass is 32.2. The first-order valence-electron chi connectivity index (χ1n) is 8.48. The number of hydrogen-bond acceptors (Lipinski definition) is 6. The van der Waals surface area contributed by atoms with Crippen LogP contribution in [0.1, 0.15) is 18.5 Å². The first-order chi connectivity index (χ1) is 13.2. The summed E-state index contributed by atoms with van der Waals surface area (Å²) in [5, 5.41) is 25.4. The van der Waals surface area contributed by atoms with Crippen LogP contribution in [0.15, 0.2) is 40.9 Å². The van der Waals surface area contributed by atoms with E-state index in [9.17, 15) is 23.1 Å². The zero-order chi connectivity index (χ0) is 20.8. The van der Waals surface area contributed by atoms with E-state index in [1.807, 2.05) is 0 Å². The Kier molecular flexibility index (Phi) is 7.50. The summed E-state index contributed by atoms with van der Waals surface area (Å²) in [5.74, 6) is -0.588. The highest BCUT2D eigenvalue weighted by Crippen LogP contribution is 2.42. The van der Waals surface area contributed by atoms with Crippen LogP contribution in [0.5, 0.6) is 0 Å². The van der Waals surface area contributed by atoms with Gasteiger partial charge in [0.05, 0.1) is 0 Å². The van der Waals surface area contributed by atoms with Crippen LogP contribution in [0.3, 0.4) is 0 Å². The van der Waals surface area contributed by atoms with Gasteiger partial charge in [-0.3, -0.25) is 4.79 Å². The molecule has 0 saturated heterocycles. The van der Waals surface area contributed by atoms with Crippen molar-refractivity contribution in [1.29, 1.82) is 0 Å². The van der Waals surface area contributed by atoms with E-state index < -0.39 is 35.9 Å². The maximum Gasteiger partial charge on any atom is 0.423 e. The number of carboxylic acid groups (broad SMARTS) is 1. The molecule has 0 saturated carbocycles. The van der Waals surface area contributed by atoms with Gasteiger partial charge in [0.2, 0.25) is 5.60 Å². The average Bonchev–Trinajstić information content (AvgIpc) is 3.14. The molecule has 3 N–H and O–H groups in total. The molecule has 2 atom stereocenters. The third-order valence-corrected chi connectivity index (χ3v) is 5.28. The van der Waals surface area contributed by atoms with E-state index in [0.717, 1.165) is 17.8 Å². The van der Waals surface area contributed by atoms with Gasteiger partial charge in [0.15, 0.2) is 5.76 Å². The minimum atomic E-state index is -4.94. The maximum atomic E-state index is 13.6. The van der Waals surface area contributed by atoms with Crippen LogP contribution in [-0.2, 0) is 10.4 Å². The molecule has 0 spiro atoms. The predicted molar refractivity (Wildman–Crippen MR) is 98.9 cm³/mol. The molecular formula is C18H21F3N2O4S. The molecule has 28 heavy (non-hydrogen) atoms. The van der Waals surface area contributed by atoms with Gasteiger partial charge in [0, 0.05) is 18.1 Å². The zero-order valence-electron chi connectivity index (χ0n) is 15.1. The van der Waals surface area contributed by atoms with Crippen LogP contribution in [0, 0.1) is 0 Å². The Morgan fingerprint density at radius 2 is 1.96 bits per heavy atom. The van der Waals surface area contributed by atoms with Crippen LogP contribution >= 0.6 is 11.8 Å². The van der Waals surface area contributed by atoms with Gasteiger partial charge in [-0.15, -0.1) is 0 Å². The molecule has 0 fully saturated rings. The van der Waals surface area contributed by atoms with Crippen LogP contribution in [0.25, 0.3) is 11.3 Å². The summed E-state index contributed by atoms with van der Waals surface area (Å²) >= 11 is 1.13.